The number of sulfonamides is 1. The highest BCUT2D eigenvalue weighted by atomic mass is 32.2. The van der Waals surface area contributed by atoms with Crippen molar-refractivity contribution < 1.29 is 17.9 Å². The van der Waals surface area contributed by atoms with Crippen molar-refractivity contribution in [1.82, 2.24) is 4.98 Å². The van der Waals surface area contributed by atoms with Crippen LogP contribution in [0.5, 0.6) is 0 Å². The zero-order chi connectivity index (χ0) is 21.3. The standard InChI is InChI=1S/C23H20N2O4S/c1-15(26)29-23-20-13-19(25-30(2,27)28)10-8-17(20)9-11-22-21(23)12-18(14-24-22)16-6-4-3-5-7-16/h3-14,23,25H,1-2H3. The minimum absolute atomic E-state index is 0.400. The molecular weight excluding hydrogens is 400 g/mol. The zero-order valence-electron chi connectivity index (χ0n) is 16.5. The van der Waals surface area contributed by atoms with E-state index in [0.717, 1.165) is 28.5 Å². The molecule has 0 saturated carbocycles. The molecule has 1 N–H and O–H groups in total. The van der Waals surface area contributed by atoms with E-state index in [2.05, 4.69) is 9.71 Å². The Morgan fingerprint density at radius 3 is 2.47 bits per heavy atom. The maximum Gasteiger partial charge on any atom is 0.303 e. The van der Waals surface area contributed by atoms with Gasteiger partial charge >= 0.3 is 5.97 Å². The second kappa shape index (κ2) is 7.76. The molecule has 4 rings (SSSR count). The van der Waals surface area contributed by atoms with Gasteiger partial charge in [0.25, 0.3) is 0 Å². The number of fused-ring (bicyclic) bond motifs is 2. The van der Waals surface area contributed by atoms with Gasteiger partial charge in [-0.15, -0.1) is 0 Å². The summed E-state index contributed by atoms with van der Waals surface area (Å²) in [4.78, 5) is 16.5. The van der Waals surface area contributed by atoms with E-state index in [-0.39, 0.29) is 0 Å². The summed E-state index contributed by atoms with van der Waals surface area (Å²) in [5.41, 5.74) is 5.22. The highest BCUT2D eigenvalue weighted by Gasteiger charge is 2.26. The van der Waals surface area contributed by atoms with Crippen LogP contribution in [0.15, 0.2) is 60.8 Å². The van der Waals surface area contributed by atoms with Crippen molar-refractivity contribution in [2.24, 2.45) is 0 Å². The number of nitrogens with one attached hydrogen (secondary N) is 1. The summed E-state index contributed by atoms with van der Waals surface area (Å²) >= 11 is 0. The molecule has 0 spiro atoms. The van der Waals surface area contributed by atoms with Crippen molar-refractivity contribution in [1.29, 1.82) is 0 Å². The van der Waals surface area contributed by atoms with Crippen LogP contribution in [0.25, 0.3) is 23.3 Å². The van der Waals surface area contributed by atoms with Gasteiger partial charge < -0.3 is 4.74 Å². The number of hydrogen-bond acceptors (Lipinski definition) is 5. The summed E-state index contributed by atoms with van der Waals surface area (Å²) in [7, 11) is -3.44. The molecule has 1 unspecified atom stereocenters. The Morgan fingerprint density at radius 2 is 1.77 bits per heavy atom. The number of nitrogens with zero attached hydrogens (tertiary/aromatic N) is 1. The number of hydrogen-bond donors (Lipinski definition) is 1. The minimum Gasteiger partial charge on any atom is -0.453 e. The summed E-state index contributed by atoms with van der Waals surface area (Å²) in [6.45, 7) is 1.35. The Hall–Kier alpha value is -3.45. The summed E-state index contributed by atoms with van der Waals surface area (Å²) in [5.74, 6) is -0.439. The van der Waals surface area contributed by atoms with Crippen molar-refractivity contribution in [3.8, 4) is 11.1 Å². The van der Waals surface area contributed by atoms with E-state index in [1.807, 2.05) is 48.6 Å². The first kappa shape index (κ1) is 19.8. The molecule has 0 fully saturated rings. The molecule has 1 aliphatic carbocycles. The third-order valence-corrected chi connectivity index (χ3v) is 5.32. The molecule has 0 amide bonds. The lowest BCUT2D eigenvalue weighted by atomic mass is 9.95. The molecule has 3 aromatic rings. The van der Waals surface area contributed by atoms with Crippen LogP contribution in [0, 0.1) is 0 Å². The van der Waals surface area contributed by atoms with Crippen LogP contribution in [0.1, 0.15) is 35.4 Å². The predicted octanol–water partition coefficient (Wildman–Crippen LogP) is 4.26. The second-order valence-electron chi connectivity index (χ2n) is 7.11. The van der Waals surface area contributed by atoms with Gasteiger partial charge in [-0.05, 0) is 35.4 Å². The molecule has 0 aliphatic heterocycles. The van der Waals surface area contributed by atoms with Crippen LogP contribution < -0.4 is 4.72 Å². The van der Waals surface area contributed by atoms with Crippen molar-refractivity contribution in [2.45, 2.75) is 13.0 Å². The van der Waals surface area contributed by atoms with Crippen LogP contribution >= 0.6 is 0 Å². The Morgan fingerprint density at radius 1 is 1.00 bits per heavy atom. The van der Waals surface area contributed by atoms with Gasteiger partial charge in [0.2, 0.25) is 10.0 Å². The van der Waals surface area contributed by atoms with Crippen molar-refractivity contribution in [3.63, 3.8) is 0 Å². The Kier molecular flexibility index (Phi) is 5.13. The van der Waals surface area contributed by atoms with Gasteiger partial charge in [0.05, 0.1) is 11.9 Å². The fraction of sp³-hybridized carbons (Fsp3) is 0.130. The number of carbonyl (C=O) groups excluding carboxylic acids is 1. The number of rotatable bonds is 4. The molecule has 2 aromatic carbocycles. The van der Waals surface area contributed by atoms with Crippen molar-refractivity contribution >= 4 is 33.8 Å². The maximum atomic E-state index is 11.9. The fourth-order valence-corrected chi connectivity index (χ4v) is 4.05. The molecule has 6 nitrogen and oxygen atoms in total. The van der Waals surface area contributed by atoms with E-state index in [4.69, 9.17) is 4.74 Å². The van der Waals surface area contributed by atoms with E-state index in [1.165, 1.54) is 6.92 Å². The highest BCUT2D eigenvalue weighted by Crippen LogP contribution is 2.38. The molecule has 0 radical (unpaired) electrons. The van der Waals surface area contributed by atoms with E-state index < -0.39 is 22.1 Å². The van der Waals surface area contributed by atoms with E-state index in [0.29, 0.717) is 16.9 Å². The first-order valence-electron chi connectivity index (χ1n) is 9.32. The number of carbonyl (C=O) groups is 1. The zero-order valence-corrected chi connectivity index (χ0v) is 17.3. The van der Waals surface area contributed by atoms with Crippen LogP contribution in [0.2, 0.25) is 0 Å². The van der Waals surface area contributed by atoms with E-state index in [9.17, 15) is 13.2 Å². The maximum absolute atomic E-state index is 11.9. The fourth-order valence-electron chi connectivity index (χ4n) is 3.49. The van der Waals surface area contributed by atoms with E-state index >= 15 is 0 Å². The quantitative estimate of drug-likeness (QED) is 0.638. The lowest BCUT2D eigenvalue weighted by Gasteiger charge is -2.21. The molecule has 30 heavy (non-hydrogen) atoms. The average Bonchev–Trinajstić information content (AvgIpc) is 2.84. The topological polar surface area (TPSA) is 85.4 Å². The number of aromatic nitrogens is 1. The smallest absolute Gasteiger partial charge is 0.303 e. The third-order valence-electron chi connectivity index (χ3n) is 4.72. The van der Waals surface area contributed by atoms with Crippen LogP contribution in [0.3, 0.4) is 0 Å². The summed E-state index contributed by atoms with van der Waals surface area (Å²) in [6, 6.07) is 16.9. The summed E-state index contributed by atoms with van der Waals surface area (Å²) < 4.78 is 31.5. The normalized spacial score (nSPS) is 14.9. The lowest BCUT2D eigenvalue weighted by Crippen LogP contribution is -2.14. The van der Waals surface area contributed by atoms with Crippen LogP contribution in [-0.4, -0.2) is 25.6 Å². The van der Waals surface area contributed by atoms with Gasteiger partial charge in [-0.1, -0.05) is 42.5 Å². The number of pyridine rings is 1. The first-order chi connectivity index (χ1) is 14.3. The largest absolute Gasteiger partial charge is 0.453 e. The monoisotopic (exact) mass is 420 g/mol. The molecule has 0 saturated heterocycles. The van der Waals surface area contributed by atoms with E-state index in [1.54, 1.807) is 24.4 Å². The van der Waals surface area contributed by atoms with Gasteiger partial charge in [0.15, 0.2) is 6.10 Å². The van der Waals surface area contributed by atoms with Crippen LogP contribution in [-0.2, 0) is 19.6 Å². The third kappa shape index (κ3) is 4.26. The predicted molar refractivity (Wildman–Crippen MR) is 117 cm³/mol. The molecule has 1 aliphatic rings. The van der Waals surface area contributed by atoms with Gasteiger partial charge in [-0.3, -0.25) is 14.5 Å². The summed E-state index contributed by atoms with van der Waals surface area (Å²) in [6.07, 6.45) is 5.91. The molecule has 7 heteroatoms. The average molecular weight is 420 g/mol. The molecule has 1 heterocycles. The molecule has 1 atom stereocenters. The van der Waals surface area contributed by atoms with Crippen molar-refractivity contribution in [3.05, 3.63) is 83.2 Å². The van der Waals surface area contributed by atoms with Gasteiger partial charge in [0, 0.05) is 35.5 Å². The Balaban J connectivity index is 1.87. The first-order valence-corrected chi connectivity index (χ1v) is 11.2. The number of ether oxygens (including phenoxy) is 1. The Labute approximate surface area is 175 Å². The lowest BCUT2D eigenvalue weighted by molar-refractivity contribution is -0.144. The Bertz CT molecular complexity index is 1250. The van der Waals surface area contributed by atoms with Gasteiger partial charge in [-0.25, -0.2) is 8.42 Å². The SMILES string of the molecule is CC(=O)OC1c2cc(NS(C)(=O)=O)ccc2C=Cc2ncc(-c3ccccc3)cc21. The van der Waals surface area contributed by atoms with Gasteiger partial charge in [-0.2, -0.15) is 0 Å². The van der Waals surface area contributed by atoms with Crippen LogP contribution in [0.4, 0.5) is 5.69 Å². The summed E-state index contributed by atoms with van der Waals surface area (Å²) in [5, 5.41) is 0. The minimum atomic E-state index is -3.44. The molecule has 1 aromatic heterocycles. The molecular formula is C23H20N2O4S. The molecule has 0 bridgehead atoms. The second-order valence-corrected chi connectivity index (χ2v) is 8.85. The number of benzene rings is 2. The van der Waals surface area contributed by atoms with Gasteiger partial charge in [0.1, 0.15) is 0 Å². The number of esters is 1. The van der Waals surface area contributed by atoms with Crippen molar-refractivity contribution in [2.75, 3.05) is 11.0 Å². The number of anilines is 1. The molecule has 152 valence electrons. The highest BCUT2D eigenvalue weighted by molar-refractivity contribution is 7.92.